The molecule has 5 amide bonds. The third-order valence-electron chi connectivity index (χ3n) is 6.53. The smallest absolute Gasteiger partial charge is 0.328 e. The normalized spacial score (nSPS) is 17.0. The highest BCUT2D eigenvalue weighted by molar-refractivity contribution is 7.90. The summed E-state index contributed by atoms with van der Waals surface area (Å²) in [5.41, 5.74) is 2.50. The van der Waals surface area contributed by atoms with Gasteiger partial charge in [0.1, 0.15) is 0 Å². The average molecular weight is 505 g/mol. The second kappa shape index (κ2) is 12.2. The Bertz CT molecular complexity index is 1060. The number of hydrogen-bond donors (Lipinski definition) is 3. The van der Waals surface area contributed by atoms with E-state index in [-0.39, 0.29) is 16.8 Å². The lowest BCUT2D eigenvalue weighted by Crippen LogP contribution is -2.45. The molecule has 1 aliphatic heterocycles. The van der Waals surface area contributed by atoms with Crippen molar-refractivity contribution in [2.75, 3.05) is 13.1 Å². The van der Waals surface area contributed by atoms with E-state index < -0.39 is 22.1 Å². The number of unbranched alkanes of at least 4 members (excludes halogenated alkanes) is 1. The van der Waals surface area contributed by atoms with Crippen LogP contribution in [0.3, 0.4) is 0 Å². The number of urea groups is 2. The van der Waals surface area contributed by atoms with E-state index in [4.69, 9.17) is 0 Å². The molecule has 9 nitrogen and oxygen atoms in total. The highest BCUT2D eigenvalue weighted by Gasteiger charge is 2.31. The highest BCUT2D eigenvalue weighted by atomic mass is 32.2. The number of imide groups is 1. The van der Waals surface area contributed by atoms with E-state index >= 15 is 0 Å². The molecule has 0 saturated heterocycles. The minimum Gasteiger partial charge on any atom is -0.337 e. The van der Waals surface area contributed by atoms with E-state index in [0.717, 1.165) is 61.7 Å². The predicted octanol–water partition coefficient (Wildman–Crippen LogP) is 3.61. The number of carbonyl (C=O) groups excluding carboxylic acids is 3. The lowest BCUT2D eigenvalue weighted by Gasteiger charge is -2.22. The Morgan fingerprint density at radius 2 is 1.74 bits per heavy atom. The quantitative estimate of drug-likeness (QED) is 0.474. The third-order valence-corrected chi connectivity index (χ3v) is 7.88. The molecular weight excluding hydrogens is 468 g/mol. The van der Waals surface area contributed by atoms with Crippen molar-refractivity contribution in [2.24, 2.45) is 0 Å². The Balaban J connectivity index is 1.45. The van der Waals surface area contributed by atoms with Crippen molar-refractivity contribution in [3.05, 3.63) is 41.0 Å². The van der Waals surface area contributed by atoms with Gasteiger partial charge in [0.05, 0.1) is 11.4 Å². The summed E-state index contributed by atoms with van der Waals surface area (Å²) in [6, 6.07) is 5.05. The van der Waals surface area contributed by atoms with Gasteiger partial charge in [0.25, 0.3) is 15.9 Å². The fraction of sp³-hybridized carbons (Fsp3) is 0.560. The molecule has 1 aromatic rings. The molecule has 0 spiro atoms. The Hall–Kier alpha value is -2.88. The molecule has 1 aromatic carbocycles. The summed E-state index contributed by atoms with van der Waals surface area (Å²) >= 11 is 0. The van der Waals surface area contributed by atoms with Crippen LogP contribution in [0.15, 0.2) is 40.3 Å². The zero-order valence-electron chi connectivity index (χ0n) is 20.6. The number of amides is 5. The average Bonchev–Trinajstić information content (AvgIpc) is 3.11. The Morgan fingerprint density at radius 3 is 2.40 bits per heavy atom. The van der Waals surface area contributed by atoms with Gasteiger partial charge in [-0.25, -0.2) is 22.7 Å². The van der Waals surface area contributed by atoms with Crippen LogP contribution >= 0.6 is 0 Å². The van der Waals surface area contributed by atoms with Crippen LogP contribution < -0.4 is 15.4 Å². The van der Waals surface area contributed by atoms with Gasteiger partial charge >= 0.3 is 12.1 Å². The summed E-state index contributed by atoms with van der Waals surface area (Å²) in [4.78, 5) is 38.4. The first-order valence-corrected chi connectivity index (χ1v) is 13.9. The molecule has 0 bridgehead atoms. The number of benzene rings is 1. The predicted molar refractivity (Wildman–Crippen MR) is 133 cm³/mol. The van der Waals surface area contributed by atoms with Crippen LogP contribution in [0.5, 0.6) is 0 Å². The van der Waals surface area contributed by atoms with E-state index in [1.807, 2.05) is 6.92 Å². The summed E-state index contributed by atoms with van der Waals surface area (Å²) in [5, 5.41) is 5.50. The molecule has 1 heterocycles. The highest BCUT2D eigenvalue weighted by Crippen LogP contribution is 2.23. The van der Waals surface area contributed by atoms with Gasteiger partial charge in [-0.05, 0) is 62.3 Å². The number of carbonyl (C=O) groups is 3. The first-order chi connectivity index (χ1) is 16.7. The summed E-state index contributed by atoms with van der Waals surface area (Å²) < 4.78 is 27.1. The van der Waals surface area contributed by atoms with E-state index in [9.17, 15) is 22.8 Å². The minimum absolute atomic E-state index is 0.00657. The topological polar surface area (TPSA) is 125 Å². The van der Waals surface area contributed by atoms with Gasteiger partial charge in [-0.3, -0.25) is 9.69 Å². The Kier molecular flexibility index (Phi) is 9.31. The fourth-order valence-corrected chi connectivity index (χ4v) is 5.39. The zero-order chi connectivity index (χ0) is 25.4. The van der Waals surface area contributed by atoms with Crippen molar-refractivity contribution in [2.45, 2.75) is 82.6 Å². The second-order valence-corrected chi connectivity index (χ2v) is 11.0. The summed E-state index contributed by atoms with van der Waals surface area (Å²) in [5.74, 6) is -0.219. The Morgan fingerprint density at radius 1 is 1.06 bits per heavy atom. The maximum Gasteiger partial charge on any atom is 0.328 e. The van der Waals surface area contributed by atoms with E-state index in [1.54, 1.807) is 12.1 Å². The van der Waals surface area contributed by atoms with Crippen LogP contribution in [0.2, 0.25) is 0 Å². The van der Waals surface area contributed by atoms with Gasteiger partial charge in [-0.15, -0.1) is 0 Å². The maximum atomic E-state index is 12.5. The molecule has 10 heteroatoms. The van der Waals surface area contributed by atoms with E-state index in [0.29, 0.717) is 25.9 Å². The molecule has 3 rings (SSSR count). The monoisotopic (exact) mass is 504 g/mol. The molecule has 192 valence electrons. The van der Waals surface area contributed by atoms with Gasteiger partial charge in [-0.2, -0.15) is 0 Å². The molecule has 2 aliphatic rings. The van der Waals surface area contributed by atoms with Crippen LogP contribution in [-0.4, -0.2) is 50.4 Å². The van der Waals surface area contributed by atoms with Crippen molar-refractivity contribution >= 4 is 28.0 Å². The van der Waals surface area contributed by atoms with Gasteiger partial charge in [0.2, 0.25) is 0 Å². The molecular formula is C25H36N4O5S. The number of rotatable bonds is 9. The van der Waals surface area contributed by atoms with Crippen LogP contribution in [0.25, 0.3) is 0 Å². The van der Waals surface area contributed by atoms with E-state index in [2.05, 4.69) is 22.3 Å². The molecule has 1 aliphatic carbocycles. The standard InChI is InChI=1S/C25H36N4O5S/c1-3-4-10-22-18(2)17-29(23(22)30)25(32)26-16-15-19-11-13-21(14-12-19)35(33,34)28-24(31)27-20-8-6-5-7-9-20/h11-14,20H,3-10,15-17H2,1-2H3,(H,26,32)(H2,27,28,31). The maximum absolute atomic E-state index is 12.5. The molecule has 0 aromatic heterocycles. The van der Waals surface area contributed by atoms with Crippen LogP contribution in [-0.2, 0) is 21.2 Å². The minimum atomic E-state index is -3.98. The molecule has 35 heavy (non-hydrogen) atoms. The third kappa shape index (κ3) is 7.30. The van der Waals surface area contributed by atoms with Gasteiger partial charge < -0.3 is 10.6 Å². The fourth-order valence-electron chi connectivity index (χ4n) is 4.47. The summed E-state index contributed by atoms with van der Waals surface area (Å²) in [6.45, 7) is 4.57. The summed E-state index contributed by atoms with van der Waals surface area (Å²) in [6.07, 6.45) is 7.99. The largest absolute Gasteiger partial charge is 0.337 e. The van der Waals surface area contributed by atoms with Crippen molar-refractivity contribution in [1.29, 1.82) is 0 Å². The molecule has 3 N–H and O–H groups in total. The SMILES string of the molecule is CCCCC1=C(C)CN(C(=O)NCCc2ccc(S(=O)(=O)NC(=O)NC3CCCCC3)cc2)C1=O. The zero-order valence-corrected chi connectivity index (χ0v) is 21.4. The molecule has 1 saturated carbocycles. The Labute approximate surface area is 207 Å². The summed E-state index contributed by atoms with van der Waals surface area (Å²) in [7, 11) is -3.98. The number of sulfonamides is 1. The van der Waals surface area contributed by atoms with E-state index in [1.165, 1.54) is 17.0 Å². The molecule has 0 atom stereocenters. The van der Waals surface area contributed by atoms with Crippen LogP contribution in [0.1, 0.15) is 70.8 Å². The number of nitrogens with zero attached hydrogens (tertiary/aromatic N) is 1. The van der Waals surface area contributed by atoms with Crippen molar-refractivity contribution < 1.29 is 22.8 Å². The second-order valence-electron chi connectivity index (χ2n) is 9.29. The lowest BCUT2D eigenvalue weighted by atomic mass is 9.96. The molecule has 0 radical (unpaired) electrons. The van der Waals surface area contributed by atoms with Gasteiger partial charge in [0.15, 0.2) is 0 Å². The van der Waals surface area contributed by atoms with Crippen LogP contribution in [0, 0.1) is 0 Å². The van der Waals surface area contributed by atoms with Crippen molar-refractivity contribution in [1.82, 2.24) is 20.3 Å². The first kappa shape index (κ1) is 26.7. The molecule has 1 fully saturated rings. The van der Waals surface area contributed by atoms with Gasteiger partial charge in [-0.1, -0.05) is 44.7 Å². The van der Waals surface area contributed by atoms with Gasteiger partial charge in [0, 0.05) is 18.2 Å². The molecule has 0 unspecified atom stereocenters. The lowest BCUT2D eigenvalue weighted by molar-refractivity contribution is -0.123. The number of hydrogen-bond acceptors (Lipinski definition) is 5. The van der Waals surface area contributed by atoms with Crippen LogP contribution in [0.4, 0.5) is 9.59 Å². The van der Waals surface area contributed by atoms with Crippen molar-refractivity contribution in [3.63, 3.8) is 0 Å². The number of nitrogens with one attached hydrogen (secondary N) is 3. The van der Waals surface area contributed by atoms with Crippen molar-refractivity contribution in [3.8, 4) is 0 Å². The first-order valence-electron chi connectivity index (χ1n) is 12.4.